The molecular formula is C14H21FN2O2. The van der Waals surface area contributed by atoms with Crippen LogP contribution in [0, 0.1) is 5.82 Å². The van der Waals surface area contributed by atoms with Crippen LogP contribution < -0.4 is 10.2 Å². The van der Waals surface area contributed by atoms with E-state index >= 15 is 0 Å². The average Bonchev–Trinajstić information content (AvgIpc) is 2.35. The molecule has 19 heavy (non-hydrogen) atoms. The van der Waals surface area contributed by atoms with Crippen LogP contribution in [0.3, 0.4) is 0 Å². The minimum absolute atomic E-state index is 0.0628. The maximum absolute atomic E-state index is 13.9. The van der Waals surface area contributed by atoms with Gasteiger partial charge in [-0.05, 0) is 38.5 Å². The molecule has 0 heterocycles. The predicted molar refractivity (Wildman–Crippen MR) is 73.5 cm³/mol. The van der Waals surface area contributed by atoms with Crippen molar-refractivity contribution in [2.24, 2.45) is 0 Å². The lowest BCUT2D eigenvalue weighted by atomic mass is 10.2. The number of halogens is 1. The summed E-state index contributed by atoms with van der Waals surface area (Å²) >= 11 is 0. The zero-order valence-electron chi connectivity index (χ0n) is 11.6. The molecule has 0 unspecified atom stereocenters. The lowest BCUT2D eigenvalue weighted by Crippen LogP contribution is -2.40. The van der Waals surface area contributed by atoms with E-state index < -0.39 is 5.82 Å². The SMILES string of the molecule is CCN(CC(=O)NC(C)C)c1ccc(CO)cc1F. The minimum atomic E-state index is -0.425. The van der Waals surface area contributed by atoms with Crippen molar-refractivity contribution < 1.29 is 14.3 Å². The van der Waals surface area contributed by atoms with E-state index in [2.05, 4.69) is 5.32 Å². The fraction of sp³-hybridized carbons (Fsp3) is 0.500. The van der Waals surface area contributed by atoms with Crippen molar-refractivity contribution in [2.75, 3.05) is 18.0 Å². The molecular weight excluding hydrogens is 247 g/mol. The van der Waals surface area contributed by atoms with E-state index in [-0.39, 0.29) is 25.1 Å². The van der Waals surface area contributed by atoms with Crippen LogP contribution in [0.1, 0.15) is 26.3 Å². The number of aliphatic hydroxyl groups excluding tert-OH is 1. The molecule has 1 aromatic carbocycles. The minimum Gasteiger partial charge on any atom is -0.392 e. The van der Waals surface area contributed by atoms with E-state index in [1.807, 2.05) is 20.8 Å². The molecule has 0 aromatic heterocycles. The summed E-state index contributed by atoms with van der Waals surface area (Å²) in [5, 5.41) is 11.7. The lowest BCUT2D eigenvalue weighted by molar-refractivity contribution is -0.120. The summed E-state index contributed by atoms with van der Waals surface area (Å²) in [6, 6.07) is 4.60. The second kappa shape index (κ2) is 7.09. The Bertz CT molecular complexity index is 435. The highest BCUT2D eigenvalue weighted by Crippen LogP contribution is 2.20. The van der Waals surface area contributed by atoms with Gasteiger partial charge in [-0.25, -0.2) is 4.39 Å². The molecule has 4 nitrogen and oxygen atoms in total. The summed E-state index contributed by atoms with van der Waals surface area (Å²) < 4.78 is 13.9. The third-order valence-electron chi connectivity index (χ3n) is 2.70. The first-order valence-electron chi connectivity index (χ1n) is 6.41. The molecule has 0 saturated carbocycles. The van der Waals surface area contributed by atoms with Crippen molar-refractivity contribution in [1.29, 1.82) is 0 Å². The topological polar surface area (TPSA) is 52.6 Å². The molecule has 0 atom stereocenters. The Labute approximate surface area is 113 Å². The summed E-state index contributed by atoms with van der Waals surface area (Å²) in [7, 11) is 0. The summed E-state index contributed by atoms with van der Waals surface area (Å²) in [5.74, 6) is -0.562. The van der Waals surface area contributed by atoms with Crippen LogP contribution in [-0.4, -0.2) is 30.1 Å². The van der Waals surface area contributed by atoms with Gasteiger partial charge in [0.25, 0.3) is 0 Å². The Morgan fingerprint density at radius 1 is 1.47 bits per heavy atom. The number of hydrogen-bond donors (Lipinski definition) is 2. The summed E-state index contributed by atoms with van der Waals surface area (Å²) in [6.07, 6.45) is 0. The van der Waals surface area contributed by atoms with Gasteiger partial charge in [0.05, 0.1) is 18.8 Å². The highest BCUT2D eigenvalue weighted by atomic mass is 19.1. The fourth-order valence-corrected chi connectivity index (χ4v) is 1.81. The number of aliphatic hydroxyl groups is 1. The number of nitrogens with one attached hydrogen (secondary N) is 1. The zero-order chi connectivity index (χ0) is 14.4. The molecule has 0 saturated heterocycles. The fourth-order valence-electron chi connectivity index (χ4n) is 1.81. The van der Waals surface area contributed by atoms with E-state index in [0.717, 1.165) is 0 Å². The monoisotopic (exact) mass is 268 g/mol. The predicted octanol–water partition coefficient (Wildman–Crippen LogP) is 1.67. The molecule has 0 spiro atoms. The normalized spacial score (nSPS) is 10.6. The number of carbonyl (C=O) groups is 1. The van der Waals surface area contributed by atoms with E-state index in [4.69, 9.17) is 5.11 Å². The van der Waals surface area contributed by atoms with Gasteiger partial charge in [0.1, 0.15) is 5.82 Å². The highest BCUT2D eigenvalue weighted by molar-refractivity contribution is 5.81. The highest BCUT2D eigenvalue weighted by Gasteiger charge is 2.14. The molecule has 106 valence electrons. The van der Waals surface area contributed by atoms with Gasteiger partial charge in [0.2, 0.25) is 5.91 Å². The number of carbonyl (C=O) groups excluding carboxylic acids is 1. The second-order valence-corrected chi connectivity index (χ2v) is 4.68. The summed E-state index contributed by atoms with van der Waals surface area (Å²) in [4.78, 5) is 13.4. The van der Waals surface area contributed by atoms with Crippen LogP contribution in [0.15, 0.2) is 18.2 Å². The summed E-state index contributed by atoms with van der Waals surface area (Å²) in [5.41, 5.74) is 0.891. The quantitative estimate of drug-likeness (QED) is 0.825. The Kier molecular flexibility index (Phi) is 5.76. The van der Waals surface area contributed by atoms with Crippen molar-refractivity contribution in [1.82, 2.24) is 5.32 Å². The average molecular weight is 268 g/mol. The number of likely N-dealkylation sites (N-methyl/N-ethyl adjacent to an activating group) is 1. The van der Waals surface area contributed by atoms with Crippen LogP contribution in [0.5, 0.6) is 0 Å². The lowest BCUT2D eigenvalue weighted by Gasteiger charge is -2.23. The van der Waals surface area contributed by atoms with E-state index in [0.29, 0.717) is 17.8 Å². The van der Waals surface area contributed by atoms with Gasteiger partial charge in [-0.1, -0.05) is 6.07 Å². The molecule has 0 aliphatic rings. The number of amides is 1. The third kappa shape index (κ3) is 4.52. The standard InChI is InChI=1S/C14H21FN2O2/c1-4-17(8-14(19)16-10(2)3)13-6-5-11(9-18)7-12(13)15/h5-7,10,18H,4,8-9H2,1-3H3,(H,16,19). The van der Waals surface area contributed by atoms with Gasteiger partial charge in [0.15, 0.2) is 0 Å². The van der Waals surface area contributed by atoms with Crippen LogP contribution in [0.4, 0.5) is 10.1 Å². The maximum atomic E-state index is 13.9. The van der Waals surface area contributed by atoms with Gasteiger partial charge < -0.3 is 15.3 Å². The number of anilines is 1. The van der Waals surface area contributed by atoms with E-state index in [1.165, 1.54) is 6.07 Å². The first-order valence-corrected chi connectivity index (χ1v) is 6.41. The number of rotatable bonds is 6. The number of nitrogens with zero attached hydrogens (tertiary/aromatic N) is 1. The molecule has 0 bridgehead atoms. The molecule has 5 heteroatoms. The number of benzene rings is 1. The molecule has 0 fully saturated rings. The van der Waals surface area contributed by atoms with Gasteiger partial charge in [-0.15, -0.1) is 0 Å². The Hall–Kier alpha value is -1.62. The van der Waals surface area contributed by atoms with Gasteiger partial charge >= 0.3 is 0 Å². The van der Waals surface area contributed by atoms with Crippen LogP contribution in [-0.2, 0) is 11.4 Å². The molecule has 1 aromatic rings. The van der Waals surface area contributed by atoms with Crippen LogP contribution in [0.25, 0.3) is 0 Å². The number of hydrogen-bond acceptors (Lipinski definition) is 3. The molecule has 1 amide bonds. The van der Waals surface area contributed by atoms with Gasteiger partial charge in [-0.3, -0.25) is 4.79 Å². The van der Waals surface area contributed by atoms with Gasteiger partial charge in [-0.2, -0.15) is 0 Å². The van der Waals surface area contributed by atoms with Crippen LogP contribution >= 0.6 is 0 Å². The van der Waals surface area contributed by atoms with E-state index in [1.54, 1.807) is 17.0 Å². The summed E-state index contributed by atoms with van der Waals surface area (Å²) in [6.45, 7) is 6.07. The van der Waals surface area contributed by atoms with Crippen molar-refractivity contribution >= 4 is 11.6 Å². The maximum Gasteiger partial charge on any atom is 0.239 e. The van der Waals surface area contributed by atoms with Crippen molar-refractivity contribution in [2.45, 2.75) is 33.4 Å². The second-order valence-electron chi connectivity index (χ2n) is 4.68. The smallest absolute Gasteiger partial charge is 0.239 e. The van der Waals surface area contributed by atoms with Crippen molar-refractivity contribution in [3.63, 3.8) is 0 Å². The Balaban J connectivity index is 2.82. The first kappa shape index (κ1) is 15.4. The van der Waals surface area contributed by atoms with Gasteiger partial charge in [0, 0.05) is 12.6 Å². The molecule has 0 radical (unpaired) electrons. The molecule has 2 N–H and O–H groups in total. The Morgan fingerprint density at radius 2 is 2.16 bits per heavy atom. The zero-order valence-corrected chi connectivity index (χ0v) is 11.6. The van der Waals surface area contributed by atoms with Crippen LogP contribution in [0.2, 0.25) is 0 Å². The molecule has 1 rings (SSSR count). The molecule has 0 aliphatic heterocycles. The third-order valence-corrected chi connectivity index (χ3v) is 2.70. The first-order chi connectivity index (χ1) is 8.97. The largest absolute Gasteiger partial charge is 0.392 e. The molecule has 0 aliphatic carbocycles. The van der Waals surface area contributed by atoms with E-state index in [9.17, 15) is 9.18 Å². The van der Waals surface area contributed by atoms with Crippen molar-refractivity contribution in [3.8, 4) is 0 Å². The Morgan fingerprint density at radius 3 is 2.63 bits per heavy atom. The van der Waals surface area contributed by atoms with Crippen molar-refractivity contribution in [3.05, 3.63) is 29.6 Å².